The van der Waals surface area contributed by atoms with E-state index < -0.39 is 0 Å². The molecule has 0 aromatic heterocycles. The summed E-state index contributed by atoms with van der Waals surface area (Å²) in [5.41, 5.74) is 1.28. The van der Waals surface area contributed by atoms with E-state index in [-0.39, 0.29) is 17.8 Å². The lowest BCUT2D eigenvalue weighted by Gasteiger charge is -2.43. The van der Waals surface area contributed by atoms with Crippen LogP contribution in [0.2, 0.25) is 0 Å². The molecule has 124 valence electrons. The normalized spacial score (nSPS) is 30.7. The zero-order valence-corrected chi connectivity index (χ0v) is 15.9. The number of ether oxygens (including phenoxy) is 1. The van der Waals surface area contributed by atoms with Gasteiger partial charge in [-0.05, 0) is 66.5 Å². The standard InChI is InChI=1S/C19H24INO2/c1-3-4-11-21-15-9-10-17(21)18(19(22)23-2)16(12-15)13-5-7-14(20)8-6-13/h3-8,15-18H,9-12H2,1-2H3/b4-3+/t15-,16?,17?,18+/m1/s1. The number of nitrogens with zero attached hydrogens (tertiary/aromatic N) is 1. The molecule has 2 aliphatic rings. The fourth-order valence-corrected chi connectivity index (χ4v) is 4.69. The molecule has 3 nitrogen and oxygen atoms in total. The van der Waals surface area contributed by atoms with E-state index in [1.165, 1.54) is 22.7 Å². The first-order chi connectivity index (χ1) is 11.2. The molecule has 3 rings (SSSR count). The predicted octanol–water partition coefficient (Wildman–Crippen LogP) is 3.98. The number of hydrogen-bond acceptors (Lipinski definition) is 3. The molecule has 2 fully saturated rings. The molecule has 0 amide bonds. The second kappa shape index (κ2) is 7.34. The fourth-order valence-electron chi connectivity index (χ4n) is 4.33. The van der Waals surface area contributed by atoms with Gasteiger partial charge >= 0.3 is 5.97 Å². The van der Waals surface area contributed by atoms with Crippen molar-refractivity contribution in [2.24, 2.45) is 5.92 Å². The molecular weight excluding hydrogens is 401 g/mol. The Morgan fingerprint density at radius 3 is 2.74 bits per heavy atom. The maximum absolute atomic E-state index is 12.6. The third kappa shape index (κ3) is 3.33. The number of piperidine rings is 1. The first-order valence-electron chi connectivity index (χ1n) is 8.36. The number of esters is 1. The second-order valence-electron chi connectivity index (χ2n) is 6.51. The van der Waals surface area contributed by atoms with Crippen molar-refractivity contribution < 1.29 is 9.53 Å². The van der Waals surface area contributed by atoms with Gasteiger partial charge in [-0.25, -0.2) is 0 Å². The van der Waals surface area contributed by atoms with Gasteiger partial charge in [0.05, 0.1) is 13.0 Å². The van der Waals surface area contributed by atoms with Gasteiger partial charge in [-0.3, -0.25) is 9.69 Å². The van der Waals surface area contributed by atoms with Crippen molar-refractivity contribution in [1.82, 2.24) is 4.90 Å². The lowest BCUT2D eigenvalue weighted by molar-refractivity contribution is -0.150. The molecule has 2 aliphatic heterocycles. The number of carbonyl (C=O) groups is 1. The average Bonchev–Trinajstić information content (AvgIpc) is 2.84. The minimum absolute atomic E-state index is 0.0515. The highest BCUT2D eigenvalue weighted by Gasteiger charge is 2.50. The SMILES string of the molecule is C/C=C/CN1C2CC[C@@H]1CC(c1ccc(I)cc1)[C@@H]2C(=O)OC. The number of benzene rings is 1. The lowest BCUT2D eigenvalue weighted by atomic mass is 9.76. The first-order valence-corrected chi connectivity index (χ1v) is 9.43. The van der Waals surface area contributed by atoms with Gasteiger partial charge in [-0.2, -0.15) is 0 Å². The lowest BCUT2D eigenvalue weighted by Crippen LogP contribution is -2.50. The third-order valence-electron chi connectivity index (χ3n) is 5.39. The zero-order chi connectivity index (χ0) is 16.4. The number of carbonyl (C=O) groups excluding carboxylic acids is 1. The molecule has 2 unspecified atom stereocenters. The largest absolute Gasteiger partial charge is 0.469 e. The van der Waals surface area contributed by atoms with Crippen molar-refractivity contribution in [3.63, 3.8) is 0 Å². The highest BCUT2D eigenvalue weighted by Crippen LogP contribution is 2.47. The van der Waals surface area contributed by atoms with Crippen LogP contribution in [0, 0.1) is 9.49 Å². The van der Waals surface area contributed by atoms with Gasteiger partial charge in [-0.15, -0.1) is 0 Å². The molecule has 0 N–H and O–H groups in total. The molecule has 0 radical (unpaired) electrons. The Morgan fingerprint density at radius 2 is 2.09 bits per heavy atom. The van der Waals surface area contributed by atoms with Gasteiger partial charge in [0, 0.05) is 28.1 Å². The average molecular weight is 425 g/mol. The van der Waals surface area contributed by atoms with E-state index in [9.17, 15) is 4.79 Å². The van der Waals surface area contributed by atoms with E-state index in [1.54, 1.807) is 0 Å². The van der Waals surface area contributed by atoms with Crippen LogP contribution in [0.5, 0.6) is 0 Å². The summed E-state index contributed by atoms with van der Waals surface area (Å²) in [6.45, 7) is 3.00. The van der Waals surface area contributed by atoms with Crippen molar-refractivity contribution in [2.45, 2.75) is 44.2 Å². The summed E-state index contributed by atoms with van der Waals surface area (Å²) in [6, 6.07) is 9.53. The van der Waals surface area contributed by atoms with Gasteiger partial charge in [0.25, 0.3) is 0 Å². The molecule has 2 bridgehead atoms. The second-order valence-corrected chi connectivity index (χ2v) is 7.75. The van der Waals surface area contributed by atoms with Crippen molar-refractivity contribution in [3.05, 3.63) is 45.6 Å². The monoisotopic (exact) mass is 425 g/mol. The minimum Gasteiger partial charge on any atom is -0.469 e. The van der Waals surface area contributed by atoms with Gasteiger partial charge in [0.15, 0.2) is 0 Å². The minimum atomic E-state index is -0.0518. The van der Waals surface area contributed by atoms with E-state index in [0.29, 0.717) is 12.1 Å². The quantitative estimate of drug-likeness (QED) is 0.415. The zero-order valence-electron chi connectivity index (χ0n) is 13.7. The smallest absolute Gasteiger partial charge is 0.310 e. The summed E-state index contributed by atoms with van der Waals surface area (Å²) < 4.78 is 6.41. The van der Waals surface area contributed by atoms with E-state index in [0.717, 1.165) is 19.4 Å². The number of hydrogen-bond donors (Lipinski definition) is 0. The van der Waals surface area contributed by atoms with Crippen LogP contribution >= 0.6 is 22.6 Å². The molecule has 1 aromatic carbocycles. The van der Waals surface area contributed by atoms with Gasteiger partial charge in [0.1, 0.15) is 0 Å². The summed E-state index contributed by atoms with van der Waals surface area (Å²) in [6.07, 6.45) is 7.64. The van der Waals surface area contributed by atoms with E-state index >= 15 is 0 Å². The molecule has 0 saturated carbocycles. The van der Waals surface area contributed by atoms with E-state index in [2.05, 4.69) is 70.8 Å². The molecule has 2 heterocycles. The molecule has 2 saturated heterocycles. The highest BCUT2D eigenvalue weighted by atomic mass is 127. The Hall–Kier alpha value is -0.880. The summed E-state index contributed by atoms with van der Waals surface area (Å²) >= 11 is 2.32. The summed E-state index contributed by atoms with van der Waals surface area (Å²) in [5.74, 6) is 0.173. The number of methoxy groups -OCH3 is 1. The van der Waals surface area contributed by atoms with Crippen molar-refractivity contribution in [1.29, 1.82) is 0 Å². The van der Waals surface area contributed by atoms with Gasteiger partial charge < -0.3 is 4.74 Å². The van der Waals surface area contributed by atoms with E-state index in [1.807, 2.05) is 0 Å². The fraction of sp³-hybridized carbons (Fsp3) is 0.526. The molecule has 1 aromatic rings. The van der Waals surface area contributed by atoms with Crippen LogP contribution in [0.4, 0.5) is 0 Å². The number of fused-ring (bicyclic) bond motifs is 2. The molecule has 0 aliphatic carbocycles. The van der Waals surface area contributed by atoms with Crippen LogP contribution in [-0.4, -0.2) is 36.6 Å². The summed E-state index contributed by atoms with van der Waals surface area (Å²) in [7, 11) is 1.52. The molecule has 4 heteroatoms. The number of rotatable bonds is 4. The summed E-state index contributed by atoms with van der Waals surface area (Å²) in [5, 5.41) is 0. The number of allylic oxidation sites excluding steroid dienone is 1. The van der Waals surface area contributed by atoms with E-state index in [4.69, 9.17) is 4.74 Å². The Kier molecular flexibility index (Phi) is 5.42. The molecule has 4 atom stereocenters. The van der Waals surface area contributed by atoms with Crippen LogP contribution in [0.3, 0.4) is 0 Å². The van der Waals surface area contributed by atoms with Gasteiger partial charge in [-0.1, -0.05) is 24.3 Å². The summed E-state index contributed by atoms with van der Waals surface area (Å²) in [4.78, 5) is 15.1. The molecule has 0 spiro atoms. The Balaban J connectivity index is 1.91. The Labute approximate surface area is 152 Å². The molecular formula is C19H24INO2. The van der Waals surface area contributed by atoms with Crippen molar-refractivity contribution >= 4 is 28.6 Å². The van der Waals surface area contributed by atoms with Crippen molar-refractivity contribution in [3.8, 4) is 0 Å². The maximum atomic E-state index is 12.6. The molecule has 23 heavy (non-hydrogen) atoms. The first kappa shape index (κ1) is 17.0. The van der Waals surface area contributed by atoms with Gasteiger partial charge in [0.2, 0.25) is 0 Å². The van der Waals surface area contributed by atoms with Crippen LogP contribution in [0.15, 0.2) is 36.4 Å². The Bertz CT molecular complexity index is 584. The van der Waals surface area contributed by atoms with Crippen LogP contribution in [0.25, 0.3) is 0 Å². The van der Waals surface area contributed by atoms with Crippen LogP contribution in [0.1, 0.15) is 37.7 Å². The Morgan fingerprint density at radius 1 is 1.35 bits per heavy atom. The maximum Gasteiger partial charge on any atom is 0.310 e. The predicted molar refractivity (Wildman–Crippen MR) is 100 cm³/mol. The number of halogens is 1. The highest BCUT2D eigenvalue weighted by molar-refractivity contribution is 14.1. The van der Waals surface area contributed by atoms with Crippen LogP contribution in [-0.2, 0) is 9.53 Å². The van der Waals surface area contributed by atoms with Crippen molar-refractivity contribution in [2.75, 3.05) is 13.7 Å². The van der Waals surface area contributed by atoms with Crippen LogP contribution < -0.4 is 0 Å². The third-order valence-corrected chi connectivity index (χ3v) is 6.11. The topological polar surface area (TPSA) is 29.5 Å².